The van der Waals surface area contributed by atoms with Crippen LogP contribution in [0.4, 0.5) is 4.79 Å². The molecule has 1 heterocycles. The smallest absolute Gasteiger partial charge is 0.318 e. The van der Waals surface area contributed by atoms with Crippen LogP contribution in [0.1, 0.15) is 35.6 Å². The summed E-state index contributed by atoms with van der Waals surface area (Å²) in [6.45, 7) is 3.24. The van der Waals surface area contributed by atoms with Crippen molar-refractivity contribution < 1.29 is 9.53 Å². The summed E-state index contributed by atoms with van der Waals surface area (Å²) in [4.78, 5) is 15.7. The summed E-state index contributed by atoms with van der Waals surface area (Å²) >= 11 is 0. The standard InChI is InChI=1S/C28H33N3O2/c1-33-26-15-9-8-14-25(26)21-31(20-22-16-18-29-19-17-22)28(32)30-27(23-10-4-2-5-11-23)24-12-6-3-7-13-24/h2-15,22,27,29H,16-21H2,1H3,(H,30,32). The maximum atomic E-state index is 13.7. The predicted octanol–water partition coefficient (Wildman–Crippen LogP) is 5.00. The van der Waals surface area contributed by atoms with Gasteiger partial charge in [0.15, 0.2) is 0 Å². The molecule has 33 heavy (non-hydrogen) atoms. The Kier molecular flexibility index (Phi) is 7.99. The van der Waals surface area contributed by atoms with E-state index < -0.39 is 0 Å². The molecule has 2 amide bonds. The molecule has 4 rings (SSSR count). The Morgan fingerprint density at radius 1 is 0.939 bits per heavy atom. The van der Waals surface area contributed by atoms with Crippen molar-refractivity contribution in [2.24, 2.45) is 5.92 Å². The molecule has 0 aromatic heterocycles. The lowest BCUT2D eigenvalue weighted by Gasteiger charge is -2.32. The Hall–Kier alpha value is -3.31. The zero-order valence-corrected chi connectivity index (χ0v) is 19.2. The zero-order chi connectivity index (χ0) is 22.9. The first kappa shape index (κ1) is 22.9. The van der Waals surface area contributed by atoms with E-state index in [4.69, 9.17) is 4.74 Å². The molecule has 2 N–H and O–H groups in total. The summed E-state index contributed by atoms with van der Waals surface area (Å²) in [7, 11) is 1.68. The molecule has 1 fully saturated rings. The molecular formula is C28H33N3O2. The molecule has 172 valence electrons. The Bertz CT molecular complexity index is 964. The van der Waals surface area contributed by atoms with E-state index in [1.54, 1.807) is 7.11 Å². The van der Waals surface area contributed by atoms with E-state index in [9.17, 15) is 4.79 Å². The van der Waals surface area contributed by atoms with E-state index in [0.717, 1.165) is 54.9 Å². The summed E-state index contributed by atoms with van der Waals surface area (Å²) in [5.41, 5.74) is 3.15. The monoisotopic (exact) mass is 443 g/mol. The molecule has 1 aliphatic heterocycles. The Balaban J connectivity index is 1.59. The fourth-order valence-electron chi connectivity index (χ4n) is 4.50. The average molecular weight is 444 g/mol. The largest absolute Gasteiger partial charge is 0.496 e. The van der Waals surface area contributed by atoms with Crippen molar-refractivity contribution in [3.05, 3.63) is 102 Å². The second-order valence-electron chi connectivity index (χ2n) is 8.59. The lowest BCUT2D eigenvalue weighted by Crippen LogP contribution is -2.45. The number of amides is 2. The number of nitrogens with zero attached hydrogens (tertiary/aromatic N) is 1. The molecule has 3 aromatic carbocycles. The highest BCUT2D eigenvalue weighted by atomic mass is 16.5. The molecule has 5 heteroatoms. The molecule has 0 spiro atoms. The van der Waals surface area contributed by atoms with Gasteiger partial charge in [0.2, 0.25) is 0 Å². The number of urea groups is 1. The number of methoxy groups -OCH3 is 1. The van der Waals surface area contributed by atoms with Crippen molar-refractivity contribution in [1.29, 1.82) is 0 Å². The van der Waals surface area contributed by atoms with E-state index in [2.05, 4.69) is 34.9 Å². The van der Waals surface area contributed by atoms with Crippen LogP contribution in [-0.4, -0.2) is 37.7 Å². The van der Waals surface area contributed by atoms with Gasteiger partial charge in [-0.05, 0) is 49.0 Å². The van der Waals surface area contributed by atoms with Gasteiger partial charge in [0.05, 0.1) is 19.7 Å². The van der Waals surface area contributed by atoms with Crippen molar-refractivity contribution >= 4 is 6.03 Å². The van der Waals surface area contributed by atoms with Crippen LogP contribution in [0.25, 0.3) is 0 Å². The molecule has 0 radical (unpaired) electrons. The van der Waals surface area contributed by atoms with Gasteiger partial charge in [-0.3, -0.25) is 0 Å². The molecule has 3 aromatic rings. The van der Waals surface area contributed by atoms with E-state index in [1.807, 2.05) is 65.6 Å². The highest BCUT2D eigenvalue weighted by molar-refractivity contribution is 5.75. The molecule has 0 saturated carbocycles. The van der Waals surface area contributed by atoms with Crippen LogP contribution in [0.5, 0.6) is 5.75 Å². The maximum Gasteiger partial charge on any atom is 0.318 e. The molecular weight excluding hydrogens is 410 g/mol. The number of hydrogen-bond acceptors (Lipinski definition) is 3. The summed E-state index contributed by atoms with van der Waals surface area (Å²) in [5, 5.41) is 6.75. The number of carbonyl (C=O) groups is 1. The summed E-state index contributed by atoms with van der Waals surface area (Å²) in [6.07, 6.45) is 2.16. The highest BCUT2D eigenvalue weighted by Gasteiger charge is 2.25. The third-order valence-corrected chi connectivity index (χ3v) is 6.31. The van der Waals surface area contributed by atoms with Gasteiger partial charge in [-0.25, -0.2) is 4.79 Å². The lowest BCUT2D eigenvalue weighted by atomic mass is 9.97. The third kappa shape index (κ3) is 6.14. The number of hydrogen-bond donors (Lipinski definition) is 2. The number of para-hydroxylation sites is 1. The van der Waals surface area contributed by atoms with Crippen LogP contribution in [-0.2, 0) is 6.54 Å². The number of rotatable bonds is 8. The number of benzene rings is 3. The fourth-order valence-corrected chi connectivity index (χ4v) is 4.50. The summed E-state index contributed by atoms with van der Waals surface area (Å²) < 4.78 is 5.57. The van der Waals surface area contributed by atoms with E-state index in [-0.39, 0.29) is 12.1 Å². The summed E-state index contributed by atoms with van der Waals surface area (Å²) in [5.74, 6) is 1.29. The van der Waals surface area contributed by atoms with Gasteiger partial charge < -0.3 is 20.3 Å². The topological polar surface area (TPSA) is 53.6 Å². The van der Waals surface area contributed by atoms with Gasteiger partial charge in [-0.2, -0.15) is 0 Å². The average Bonchev–Trinajstić information content (AvgIpc) is 2.88. The van der Waals surface area contributed by atoms with E-state index >= 15 is 0 Å². The molecule has 0 bridgehead atoms. The molecule has 0 unspecified atom stereocenters. The molecule has 1 saturated heterocycles. The van der Waals surface area contributed by atoms with Crippen LogP contribution in [0.2, 0.25) is 0 Å². The Morgan fingerprint density at radius 2 is 1.52 bits per heavy atom. The minimum atomic E-state index is -0.215. The van der Waals surface area contributed by atoms with Gasteiger partial charge in [0.25, 0.3) is 0 Å². The number of piperidine rings is 1. The molecule has 0 aliphatic carbocycles. The summed E-state index contributed by atoms with van der Waals surface area (Å²) in [6, 6.07) is 28.0. The Labute approximate surface area is 196 Å². The number of carbonyl (C=O) groups excluding carboxylic acids is 1. The van der Waals surface area contributed by atoms with Crippen molar-refractivity contribution in [2.45, 2.75) is 25.4 Å². The van der Waals surface area contributed by atoms with Gasteiger partial charge in [-0.15, -0.1) is 0 Å². The normalized spacial score (nSPS) is 14.1. The Morgan fingerprint density at radius 3 is 2.12 bits per heavy atom. The maximum absolute atomic E-state index is 13.7. The zero-order valence-electron chi connectivity index (χ0n) is 19.2. The van der Waals surface area contributed by atoms with Gasteiger partial charge in [0, 0.05) is 12.1 Å². The second kappa shape index (κ2) is 11.5. The van der Waals surface area contributed by atoms with E-state index in [1.165, 1.54) is 0 Å². The van der Waals surface area contributed by atoms with Crippen molar-refractivity contribution in [2.75, 3.05) is 26.7 Å². The number of ether oxygens (including phenoxy) is 1. The highest BCUT2D eigenvalue weighted by Crippen LogP contribution is 2.25. The van der Waals surface area contributed by atoms with Gasteiger partial charge in [-0.1, -0.05) is 78.9 Å². The number of nitrogens with one attached hydrogen (secondary N) is 2. The second-order valence-corrected chi connectivity index (χ2v) is 8.59. The minimum absolute atomic E-state index is 0.0582. The van der Waals surface area contributed by atoms with Gasteiger partial charge >= 0.3 is 6.03 Å². The van der Waals surface area contributed by atoms with Crippen LogP contribution < -0.4 is 15.4 Å². The SMILES string of the molecule is COc1ccccc1CN(CC1CCNCC1)C(=O)NC(c1ccccc1)c1ccccc1. The van der Waals surface area contributed by atoms with Crippen LogP contribution in [0.3, 0.4) is 0 Å². The predicted molar refractivity (Wildman–Crippen MR) is 132 cm³/mol. The molecule has 5 nitrogen and oxygen atoms in total. The third-order valence-electron chi connectivity index (χ3n) is 6.31. The molecule has 0 atom stereocenters. The van der Waals surface area contributed by atoms with Crippen LogP contribution in [0.15, 0.2) is 84.9 Å². The van der Waals surface area contributed by atoms with E-state index in [0.29, 0.717) is 12.5 Å². The quantitative estimate of drug-likeness (QED) is 0.515. The van der Waals surface area contributed by atoms with Crippen LogP contribution >= 0.6 is 0 Å². The van der Waals surface area contributed by atoms with Crippen LogP contribution in [0, 0.1) is 5.92 Å². The first-order valence-corrected chi connectivity index (χ1v) is 11.7. The van der Waals surface area contributed by atoms with Crippen molar-refractivity contribution in [1.82, 2.24) is 15.5 Å². The van der Waals surface area contributed by atoms with Crippen molar-refractivity contribution in [3.8, 4) is 5.75 Å². The van der Waals surface area contributed by atoms with Crippen molar-refractivity contribution in [3.63, 3.8) is 0 Å². The first-order valence-electron chi connectivity index (χ1n) is 11.7. The molecule has 1 aliphatic rings. The van der Waals surface area contributed by atoms with Gasteiger partial charge in [0.1, 0.15) is 5.75 Å². The minimum Gasteiger partial charge on any atom is -0.496 e. The lowest BCUT2D eigenvalue weighted by molar-refractivity contribution is 0.173. The fraction of sp³-hybridized carbons (Fsp3) is 0.321. The first-order chi connectivity index (χ1) is 16.2.